The van der Waals surface area contributed by atoms with Gasteiger partial charge in [-0.3, -0.25) is 4.99 Å². The van der Waals surface area contributed by atoms with E-state index in [1.54, 1.807) is 33.0 Å². The third kappa shape index (κ3) is 7.91. The van der Waals surface area contributed by atoms with Gasteiger partial charge < -0.3 is 20.3 Å². The van der Waals surface area contributed by atoms with Crippen LogP contribution in [0, 0.1) is 12.7 Å². The van der Waals surface area contributed by atoms with E-state index in [-0.39, 0.29) is 41.8 Å². The summed E-state index contributed by atoms with van der Waals surface area (Å²) in [5.41, 5.74) is 1.26. The molecule has 0 saturated carbocycles. The van der Waals surface area contributed by atoms with E-state index in [0.29, 0.717) is 41.9 Å². The Morgan fingerprint density at radius 2 is 2.10 bits per heavy atom. The fourth-order valence-corrected chi connectivity index (χ4v) is 3.82. The molecule has 7 nitrogen and oxygen atoms in total. The van der Waals surface area contributed by atoms with Crippen LogP contribution in [-0.4, -0.2) is 50.7 Å². The van der Waals surface area contributed by atoms with Crippen molar-refractivity contribution in [3.05, 3.63) is 45.7 Å². The standard InChI is InChI=1S/C21H30FN5O2S.HI/c1-6-29-20(28)18-14(2)25-19(30-18)15(3)26-21(23-4)24-12-9-13-27(5)17-11-8-7-10-16(17)22;/h7-8,10-11,15H,6,9,12-13H2,1-5H3,(H2,23,24,26);1H. The zero-order valence-corrected chi connectivity index (χ0v) is 21.7. The molecule has 0 spiro atoms. The molecule has 1 aromatic carbocycles. The van der Waals surface area contributed by atoms with E-state index in [9.17, 15) is 9.18 Å². The Balaban J connectivity index is 0.00000480. The molecule has 1 heterocycles. The second-order valence-electron chi connectivity index (χ2n) is 6.78. The smallest absolute Gasteiger partial charge is 0.350 e. The SMILES string of the molecule is CCOC(=O)c1sc(C(C)NC(=NC)NCCCN(C)c2ccccc2F)nc1C.I. The number of guanidine groups is 1. The Morgan fingerprint density at radius 1 is 1.39 bits per heavy atom. The van der Waals surface area contributed by atoms with Crippen LogP contribution in [-0.2, 0) is 4.74 Å². The Hall–Kier alpha value is -1.95. The van der Waals surface area contributed by atoms with Crippen molar-refractivity contribution in [3.63, 3.8) is 0 Å². The summed E-state index contributed by atoms with van der Waals surface area (Å²) in [4.78, 5) is 23.2. The van der Waals surface area contributed by atoms with Gasteiger partial charge in [0.05, 0.1) is 24.0 Å². The number of benzene rings is 1. The molecule has 2 aromatic rings. The summed E-state index contributed by atoms with van der Waals surface area (Å²) >= 11 is 1.33. The van der Waals surface area contributed by atoms with Gasteiger partial charge in [0.2, 0.25) is 0 Å². The number of halogens is 2. The van der Waals surface area contributed by atoms with Gasteiger partial charge in [0.15, 0.2) is 5.96 Å². The van der Waals surface area contributed by atoms with Gasteiger partial charge in [0.25, 0.3) is 0 Å². The topological polar surface area (TPSA) is 78.8 Å². The molecule has 0 amide bonds. The van der Waals surface area contributed by atoms with E-state index in [1.807, 2.05) is 24.9 Å². The third-order valence-corrected chi connectivity index (χ3v) is 5.77. The second-order valence-corrected chi connectivity index (χ2v) is 7.81. The Morgan fingerprint density at radius 3 is 2.74 bits per heavy atom. The van der Waals surface area contributed by atoms with Crippen molar-refractivity contribution in [2.24, 2.45) is 4.99 Å². The van der Waals surface area contributed by atoms with E-state index < -0.39 is 0 Å². The number of esters is 1. The maximum Gasteiger partial charge on any atom is 0.350 e. The average Bonchev–Trinajstić information content (AvgIpc) is 3.12. The molecule has 0 aliphatic heterocycles. The first-order valence-electron chi connectivity index (χ1n) is 9.94. The summed E-state index contributed by atoms with van der Waals surface area (Å²) in [7, 11) is 3.57. The van der Waals surface area contributed by atoms with Crippen LogP contribution in [0.3, 0.4) is 0 Å². The molecule has 31 heavy (non-hydrogen) atoms. The van der Waals surface area contributed by atoms with Crippen molar-refractivity contribution in [1.29, 1.82) is 0 Å². The number of rotatable bonds is 9. The minimum atomic E-state index is -0.340. The van der Waals surface area contributed by atoms with Gasteiger partial charge in [0, 0.05) is 27.2 Å². The molecule has 10 heteroatoms. The van der Waals surface area contributed by atoms with Crippen LogP contribution < -0.4 is 15.5 Å². The lowest BCUT2D eigenvalue weighted by atomic mass is 10.2. The summed E-state index contributed by atoms with van der Waals surface area (Å²) < 4.78 is 18.9. The molecule has 2 N–H and O–H groups in total. The molecule has 2 rings (SSSR count). The fraction of sp³-hybridized carbons (Fsp3) is 0.476. The zero-order valence-electron chi connectivity index (χ0n) is 18.6. The Labute approximate surface area is 204 Å². The Kier molecular flexibility index (Phi) is 11.8. The van der Waals surface area contributed by atoms with Crippen LogP contribution in [0.25, 0.3) is 0 Å². The number of aliphatic imine (C=N–C) groups is 1. The maximum absolute atomic E-state index is 13.8. The van der Waals surface area contributed by atoms with Crippen LogP contribution in [0.1, 0.15) is 46.7 Å². The summed E-state index contributed by atoms with van der Waals surface area (Å²) in [5, 5.41) is 7.33. The number of ether oxygens (including phenoxy) is 1. The lowest BCUT2D eigenvalue weighted by Gasteiger charge is -2.21. The molecule has 1 aromatic heterocycles. The third-order valence-electron chi connectivity index (χ3n) is 4.45. The lowest BCUT2D eigenvalue weighted by molar-refractivity contribution is 0.0531. The highest BCUT2D eigenvalue weighted by Gasteiger charge is 2.20. The molecule has 172 valence electrons. The summed E-state index contributed by atoms with van der Waals surface area (Å²) in [6.07, 6.45) is 0.809. The van der Waals surface area contributed by atoms with Gasteiger partial charge in [-0.2, -0.15) is 0 Å². The molecule has 0 aliphatic carbocycles. The number of anilines is 1. The maximum atomic E-state index is 13.8. The minimum Gasteiger partial charge on any atom is -0.462 e. The van der Waals surface area contributed by atoms with Crippen LogP contribution in [0.5, 0.6) is 0 Å². The number of carbonyl (C=O) groups excluding carboxylic acids is 1. The molecule has 0 radical (unpaired) electrons. The average molecular weight is 563 g/mol. The number of hydrogen-bond donors (Lipinski definition) is 2. The number of thiazole rings is 1. The number of hydrogen-bond acceptors (Lipinski definition) is 6. The van der Waals surface area contributed by atoms with Crippen molar-refractivity contribution in [3.8, 4) is 0 Å². The summed E-state index contributed by atoms with van der Waals surface area (Å²) in [6.45, 7) is 7.26. The first-order chi connectivity index (χ1) is 14.4. The zero-order chi connectivity index (χ0) is 22.1. The number of aromatic nitrogens is 1. The van der Waals surface area contributed by atoms with E-state index in [0.717, 1.165) is 11.4 Å². The number of carbonyl (C=O) groups is 1. The molecule has 0 bridgehead atoms. The van der Waals surface area contributed by atoms with Gasteiger partial charge in [-0.05, 0) is 39.3 Å². The number of nitrogens with one attached hydrogen (secondary N) is 2. The fourth-order valence-electron chi connectivity index (χ4n) is 2.85. The Bertz CT molecular complexity index is 877. The monoisotopic (exact) mass is 563 g/mol. The molecule has 0 aliphatic rings. The van der Waals surface area contributed by atoms with Gasteiger partial charge >= 0.3 is 5.97 Å². The largest absolute Gasteiger partial charge is 0.462 e. The predicted molar refractivity (Wildman–Crippen MR) is 135 cm³/mol. The number of aryl methyl sites for hydroxylation is 1. The van der Waals surface area contributed by atoms with Gasteiger partial charge in [-0.15, -0.1) is 35.3 Å². The highest BCUT2D eigenvalue weighted by Crippen LogP contribution is 2.24. The lowest BCUT2D eigenvalue weighted by Crippen LogP contribution is -2.39. The summed E-state index contributed by atoms with van der Waals surface area (Å²) in [6, 6.07) is 6.62. The molecular formula is C21H31FIN5O2S. The van der Waals surface area contributed by atoms with E-state index in [4.69, 9.17) is 4.74 Å². The second kappa shape index (κ2) is 13.5. The molecule has 1 atom stereocenters. The van der Waals surface area contributed by atoms with Crippen LogP contribution in [0.4, 0.5) is 10.1 Å². The van der Waals surface area contributed by atoms with Gasteiger partial charge in [-0.1, -0.05) is 12.1 Å². The highest BCUT2D eigenvalue weighted by atomic mass is 127. The van der Waals surface area contributed by atoms with Crippen LogP contribution in [0.2, 0.25) is 0 Å². The van der Waals surface area contributed by atoms with Gasteiger partial charge in [0.1, 0.15) is 15.7 Å². The van der Waals surface area contributed by atoms with Crippen molar-refractivity contribution in [2.75, 3.05) is 38.7 Å². The number of nitrogens with zero attached hydrogens (tertiary/aromatic N) is 3. The molecule has 1 unspecified atom stereocenters. The van der Waals surface area contributed by atoms with Crippen LogP contribution in [0.15, 0.2) is 29.3 Å². The first-order valence-corrected chi connectivity index (χ1v) is 10.8. The van der Waals surface area contributed by atoms with Crippen molar-refractivity contribution >= 4 is 52.9 Å². The predicted octanol–water partition coefficient (Wildman–Crippen LogP) is 4.14. The van der Waals surface area contributed by atoms with Crippen LogP contribution >= 0.6 is 35.3 Å². The van der Waals surface area contributed by atoms with E-state index in [2.05, 4.69) is 20.6 Å². The minimum absolute atomic E-state index is 0. The molecule has 0 fully saturated rings. The van der Waals surface area contributed by atoms with Crippen molar-refractivity contribution in [1.82, 2.24) is 15.6 Å². The van der Waals surface area contributed by atoms with Crippen molar-refractivity contribution in [2.45, 2.75) is 33.2 Å². The normalized spacial score (nSPS) is 12.0. The van der Waals surface area contributed by atoms with Crippen molar-refractivity contribution < 1.29 is 13.9 Å². The quantitative estimate of drug-likeness (QED) is 0.157. The van der Waals surface area contributed by atoms with E-state index in [1.165, 1.54) is 17.4 Å². The van der Waals surface area contributed by atoms with Gasteiger partial charge in [-0.25, -0.2) is 14.2 Å². The molecular weight excluding hydrogens is 532 g/mol. The highest BCUT2D eigenvalue weighted by molar-refractivity contribution is 14.0. The summed E-state index contributed by atoms with van der Waals surface area (Å²) in [5.74, 6) is 0.0780. The number of para-hydroxylation sites is 1. The van der Waals surface area contributed by atoms with E-state index >= 15 is 0 Å². The molecule has 0 saturated heterocycles. The first kappa shape index (κ1) is 27.1.